The Balaban J connectivity index is 1.85. The molecule has 0 saturated carbocycles. The third kappa shape index (κ3) is 4.81. The highest BCUT2D eigenvalue weighted by Gasteiger charge is 2.54. The Morgan fingerprint density at radius 3 is 2.72 bits per heavy atom. The van der Waals surface area contributed by atoms with Crippen LogP contribution in [-0.4, -0.2) is 83.8 Å². The van der Waals surface area contributed by atoms with Crippen LogP contribution in [0.3, 0.4) is 0 Å². The molecule has 0 radical (unpaired) electrons. The number of oxime groups is 1. The summed E-state index contributed by atoms with van der Waals surface area (Å²) in [7, 11) is -4.91. The predicted octanol–water partition coefficient (Wildman–Crippen LogP) is -2.29. The summed E-state index contributed by atoms with van der Waals surface area (Å²) in [5, 5.41) is 20.0. The number of carbonyl (C=O) groups excluding carboxylic acids is 2. The number of aromatic nitrogens is 4. The molecule has 3 rings (SSSR count). The van der Waals surface area contributed by atoms with Gasteiger partial charge in [-0.05, 0) is 6.92 Å². The molecule has 0 aliphatic carbocycles. The second kappa shape index (κ2) is 8.85. The largest absolute Gasteiger partial charge is 0.478 e. The molecule has 1 aliphatic heterocycles. The van der Waals surface area contributed by atoms with E-state index in [9.17, 15) is 27.4 Å². The van der Waals surface area contributed by atoms with Crippen LogP contribution in [0.5, 0.6) is 0 Å². The topological polar surface area (TPSA) is 232 Å². The SMILES string of the molecule is C[C@@H](O/N=C(/C(=O)N[C@@H]1C(=O)N(S(=O)(=O)O)[C@@H]1Cn1cncn1)c1csc(N)n1)C(=O)O. The quantitative estimate of drug-likeness (QED) is 0.126. The summed E-state index contributed by atoms with van der Waals surface area (Å²) in [6.45, 7) is 0.948. The van der Waals surface area contributed by atoms with Crippen LogP contribution >= 0.6 is 11.3 Å². The number of nitrogens with zero attached hydrogens (tertiary/aromatic N) is 6. The van der Waals surface area contributed by atoms with Crippen LogP contribution in [0.2, 0.25) is 0 Å². The van der Waals surface area contributed by atoms with Crippen molar-refractivity contribution in [3.05, 3.63) is 23.7 Å². The van der Waals surface area contributed by atoms with Crippen molar-refractivity contribution in [2.45, 2.75) is 31.7 Å². The zero-order valence-electron chi connectivity index (χ0n) is 16.1. The number of thiazole rings is 1. The van der Waals surface area contributed by atoms with E-state index < -0.39 is 52.0 Å². The van der Waals surface area contributed by atoms with E-state index in [-0.39, 0.29) is 21.7 Å². The molecule has 2 aromatic rings. The first kappa shape index (κ1) is 23.0. The number of carboxylic acid groups (broad SMARTS) is 1. The Kier molecular flexibility index (Phi) is 6.37. The van der Waals surface area contributed by atoms with Crippen molar-refractivity contribution in [1.29, 1.82) is 0 Å². The fourth-order valence-corrected chi connectivity index (χ4v) is 4.07. The molecule has 5 N–H and O–H groups in total. The molecule has 16 nitrogen and oxygen atoms in total. The average Bonchev–Trinajstić information content (AvgIpc) is 3.36. The van der Waals surface area contributed by atoms with E-state index in [1.807, 2.05) is 0 Å². The maximum absolute atomic E-state index is 12.8. The van der Waals surface area contributed by atoms with Gasteiger partial charge in [-0.25, -0.2) is 19.1 Å². The fourth-order valence-electron chi connectivity index (χ4n) is 2.65. The summed E-state index contributed by atoms with van der Waals surface area (Å²) >= 11 is 0.965. The zero-order valence-corrected chi connectivity index (χ0v) is 17.7. The summed E-state index contributed by atoms with van der Waals surface area (Å²) in [5.74, 6) is -3.48. The highest BCUT2D eigenvalue weighted by Crippen LogP contribution is 2.25. The van der Waals surface area contributed by atoms with E-state index in [0.29, 0.717) is 0 Å². The highest BCUT2D eigenvalue weighted by atomic mass is 32.2. The standard InChI is InChI=1S/C14H16N8O8S2/c1-6(13(25)26)30-20-9(7-3-31-14(15)18-7)11(23)19-10-8(2-21-5-16-4-17-21)22(12(10)24)32(27,28)29/h3-6,8,10H,2H2,1H3,(H2,15,18)(H,19,23)(H,25,26)(H,27,28,29)/b20-9+/t6-,8-,10+/m1/s1. The number of carboxylic acids is 1. The van der Waals surface area contributed by atoms with Crippen LogP contribution in [-0.2, 0) is 36.1 Å². The fraction of sp³-hybridized carbons (Fsp3) is 0.357. The van der Waals surface area contributed by atoms with Crippen molar-refractivity contribution in [3.8, 4) is 0 Å². The number of nitrogen functional groups attached to an aromatic ring is 1. The molecule has 2 aromatic heterocycles. The van der Waals surface area contributed by atoms with E-state index >= 15 is 0 Å². The minimum Gasteiger partial charge on any atom is -0.478 e. The van der Waals surface area contributed by atoms with Gasteiger partial charge < -0.3 is 21.0 Å². The first-order valence-corrected chi connectivity index (χ1v) is 10.9. The van der Waals surface area contributed by atoms with Crippen LogP contribution in [0.1, 0.15) is 12.6 Å². The molecule has 3 heterocycles. The average molecular weight is 488 g/mol. The van der Waals surface area contributed by atoms with E-state index in [2.05, 4.69) is 25.5 Å². The molecular weight excluding hydrogens is 472 g/mol. The van der Waals surface area contributed by atoms with Gasteiger partial charge in [0.15, 0.2) is 10.8 Å². The number of carbonyl (C=O) groups is 3. The molecule has 1 saturated heterocycles. The number of nitrogens with one attached hydrogen (secondary N) is 1. The lowest BCUT2D eigenvalue weighted by atomic mass is 9.98. The molecular formula is C14H16N8O8S2. The number of hydrogen-bond acceptors (Lipinski definition) is 12. The van der Waals surface area contributed by atoms with E-state index in [1.54, 1.807) is 0 Å². The number of amides is 2. The highest BCUT2D eigenvalue weighted by molar-refractivity contribution is 7.84. The zero-order chi connectivity index (χ0) is 23.6. The first-order valence-electron chi connectivity index (χ1n) is 8.61. The van der Waals surface area contributed by atoms with Gasteiger partial charge in [-0.3, -0.25) is 18.8 Å². The van der Waals surface area contributed by atoms with Crippen molar-refractivity contribution in [3.63, 3.8) is 0 Å². The van der Waals surface area contributed by atoms with Crippen LogP contribution in [0.15, 0.2) is 23.2 Å². The second-order valence-corrected chi connectivity index (χ2v) is 8.52. The number of anilines is 1. The third-order valence-electron chi connectivity index (χ3n) is 4.17. The number of β-lactam (4-membered cyclic amide) rings is 1. The van der Waals surface area contributed by atoms with E-state index in [1.165, 1.54) is 29.6 Å². The number of nitrogens with two attached hydrogens (primary N) is 1. The van der Waals surface area contributed by atoms with Gasteiger partial charge in [0.1, 0.15) is 24.4 Å². The van der Waals surface area contributed by atoms with Gasteiger partial charge in [-0.15, -0.1) is 11.3 Å². The predicted molar refractivity (Wildman–Crippen MR) is 105 cm³/mol. The molecule has 0 bridgehead atoms. The Morgan fingerprint density at radius 1 is 1.47 bits per heavy atom. The monoisotopic (exact) mass is 488 g/mol. The van der Waals surface area contributed by atoms with E-state index in [4.69, 9.17) is 15.7 Å². The minimum atomic E-state index is -4.91. The van der Waals surface area contributed by atoms with Gasteiger partial charge in [0.2, 0.25) is 6.10 Å². The van der Waals surface area contributed by atoms with Gasteiger partial charge in [0.05, 0.1) is 12.6 Å². The Labute approximate surface area is 183 Å². The second-order valence-electron chi connectivity index (χ2n) is 6.34. The van der Waals surface area contributed by atoms with Crippen molar-refractivity contribution < 1.29 is 37.3 Å². The Hall–Kier alpha value is -3.64. The maximum atomic E-state index is 12.8. The van der Waals surface area contributed by atoms with Crippen LogP contribution in [0.25, 0.3) is 0 Å². The normalized spacial score (nSPS) is 19.9. The van der Waals surface area contributed by atoms with Crippen molar-refractivity contribution in [1.82, 2.24) is 29.4 Å². The molecule has 3 atom stereocenters. The van der Waals surface area contributed by atoms with Gasteiger partial charge in [-0.2, -0.15) is 13.5 Å². The molecule has 0 spiro atoms. The van der Waals surface area contributed by atoms with Gasteiger partial charge >= 0.3 is 16.3 Å². The molecule has 172 valence electrons. The third-order valence-corrected chi connectivity index (χ3v) is 5.80. The van der Waals surface area contributed by atoms with Crippen molar-refractivity contribution in [2.75, 3.05) is 5.73 Å². The van der Waals surface area contributed by atoms with Crippen LogP contribution in [0.4, 0.5) is 5.13 Å². The van der Waals surface area contributed by atoms with Crippen molar-refractivity contribution >= 4 is 50.3 Å². The molecule has 18 heteroatoms. The summed E-state index contributed by atoms with van der Waals surface area (Å²) in [6.07, 6.45) is 1.01. The van der Waals surface area contributed by atoms with Crippen LogP contribution < -0.4 is 11.1 Å². The van der Waals surface area contributed by atoms with E-state index in [0.717, 1.165) is 11.3 Å². The molecule has 0 unspecified atom stereocenters. The van der Waals surface area contributed by atoms with Gasteiger partial charge in [0.25, 0.3) is 11.8 Å². The number of rotatable bonds is 9. The minimum absolute atomic E-state index is 0.0613. The molecule has 32 heavy (non-hydrogen) atoms. The van der Waals surface area contributed by atoms with Gasteiger partial charge in [0, 0.05) is 5.38 Å². The maximum Gasteiger partial charge on any atom is 0.362 e. The molecule has 1 fully saturated rings. The summed E-state index contributed by atoms with van der Waals surface area (Å²) < 4.78 is 33.9. The lowest BCUT2D eigenvalue weighted by molar-refractivity contribution is -0.149. The van der Waals surface area contributed by atoms with Crippen LogP contribution in [0, 0.1) is 0 Å². The molecule has 1 aliphatic rings. The summed E-state index contributed by atoms with van der Waals surface area (Å²) in [5.41, 5.74) is 5.00. The first-order chi connectivity index (χ1) is 15.0. The van der Waals surface area contributed by atoms with Crippen molar-refractivity contribution in [2.24, 2.45) is 5.16 Å². The summed E-state index contributed by atoms with van der Waals surface area (Å²) in [6, 6.07) is -2.63. The Bertz CT molecular complexity index is 1160. The lowest BCUT2D eigenvalue weighted by Gasteiger charge is -2.43. The smallest absolute Gasteiger partial charge is 0.362 e. The molecule has 0 aromatic carbocycles. The number of hydrogen-bond donors (Lipinski definition) is 4. The summed E-state index contributed by atoms with van der Waals surface area (Å²) in [4.78, 5) is 48.5. The lowest BCUT2D eigenvalue weighted by Crippen LogP contribution is -2.73. The van der Waals surface area contributed by atoms with Gasteiger partial charge in [-0.1, -0.05) is 5.16 Å². The molecule has 2 amide bonds. The Morgan fingerprint density at radius 2 is 2.19 bits per heavy atom. The number of aliphatic carboxylic acids is 1.